The first-order valence-corrected chi connectivity index (χ1v) is 6.51. The summed E-state index contributed by atoms with van der Waals surface area (Å²) < 4.78 is 4.96. The van der Waals surface area contributed by atoms with Crippen molar-refractivity contribution < 1.29 is 9.53 Å². The van der Waals surface area contributed by atoms with Crippen LogP contribution in [-0.2, 0) is 9.53 Å². The maximum Gasteiger partial charge on any atom is 0.309 e. The molecule has 96 valence electrons. The lowest BCUT2D eigenvalue weighted by atomic mass is 10.1. The van der Waals surface area contributed by atoms with E-state index in [0.717, 1.165) is 0 Å². The summed E-state index contributed by atoms with van der Waals surface area (Å²) in [6.07, 6.45) is 4.99. The third-order valence-corrected chi connectivity index (χ3v) is 2.70. The second kappa shape index (κ2) is 9.64. The Morgan fingerprint density at radius 3 is 2.50 bits per heavy atom. The number of hydrogen-bond donors (Lipinski definition) is 1. The Morgan fingerprint density at radius 1 is 1.25 bits per heavy atom. The highest BCUT2D eigenvalue weighted by Crippen LogP contribution is 2.04. The molecule has 1 N–H and O–H groups in total. The Morgan fingerprint density at radius 2 is 1.94 bits per heavy atom. The second-order valence-corrected chi connectivity index (χ2v) is 4.46. The second-order valence-electron chi connectivity index (χ2n) is 4.46. The van der Waals surface area contributed by atoms with Gasteiger partial charge >= 0.3 is 5.97 Å². The number of unbranched alkanes of at least 4 members (excludes halogenated alkanes) is 2. The highest BCUT2D eigenvalue weighted by Gasteiger charge is 2.14. The standard InChI is InChI=1S/C13H27NO2/c1-5-7-8-9-12(4)14-10-11(3)13(15)16-6-2/h11-12,14H,5-10H2,1-4H3. The average Bonchev–Trinajstić information content (AvgIpc) is 2.26. The van der Waals surface area contributed by atoms with Crippen LogP contribution in [0.3, 0.4) is 0 Å². The molecule has 0 aromatic carbocycles. The summed E-state index contributed by atoms with van der Waals surface area (Å²) in [5.41, 5.74) is 0. The van der Waals surface area contributed by atoms with Gasteiger partial charge in [-0.05, 0) is 20.3 Å². The van der Waals surface area contributed by atoms with Crippen molar-refractivity contribution in [3.8, 4) is 0 Å². The third-order valence-electron chi connectivity index (χ3n) is 2.70. The lowest BCUT2D eigenvalue weighted by molar-refractivity contribution is -0.147. The lowest BCUT2D eigenvalue weighted by Crippen LogP contribution is -2.33. The van der Waals surface area contributed by atoms with Gasteiger partial charge < -0.3 is 10.1 Å². The molecular weight excluding hydrogens is 202 g/mol. The summed E-state index contributed by atoms with van der Waals surface area (Å²) >= 11 is 0. The average molecular weight is 229 g/mol. The van der Waals surface area contributed by atoms with Gasteiger partial charge in [0.05, 0.1) is 12.5 Å². The molecule has 2 atom stereocenters. The third kappa shape index (κ3) is 7.69. The fraction of sp³-hybridized carbons (Fsp3) is 0.923. The van der Waals surface area contributed by atoms with Crippen molar-refractivity contribution in [3.63, 3.8) is 0 Å². The minimum atomic E-state index is -0.101. The summed E-state index contributed by atoms with van der Waals surface area (Å²) in [6.45, 7) is 9.31. The Hall–Kier alpha value is -0.570. The summed E-state index contributed by atoms with van der Waals surface area (Å²) in [7, 11) is 0. The zero-order chi connectivity index (χ0) is 12.4. The zero-order valence-electron chi connectivity index (χ0n) is 11.2. The van der Waals surface area contributed by atoms with Crippen molar-refractivity contribution in [3.05, 3.63) is 0 Å². The molecule has 3 heteroatoms. The van der Waals surface area contributed by atoms with Crippen LogP contribution >= 0.6 is 0 Å². The molecule has 0 rings (SSSR count). The molecule has 0 aliphatic carbocycles. The van der Waals surface area contributed by atoms with Crippen LogP contribution in [0.4, 0.5) is 0 Å². The number of esters is 1. The van der Waals surface area contributed by atoms with E-state index in [0.29, 0.717) is 19.2 Å². The van der Waals surface area contributed by atoms with Gasteiger partial charge in [0, 0.05) is 12.6 Å². The summed E-state index contributed by atoms with van der Waals surface area (Å²) in [5, 5.41) is 3.38. The monoisotopic (exact) mass is 229 g/mol. The quantitative estimate of drug-likeness (QED) is 0.488. The smallest absolute Gasteiger partial charge is 0.309 e. The van der Waals surface area contributed by atoms with Gasteiger partial charge in [0.25, 0.3) is 0 Å². The van der Waals surface area contributed by atoms with Gasteiger partial charge in [-0.15, -0.1) is 0 Å². The SMILES string of the molecule is CCCCCC(C)NCC(C)C(=O)OCC. The van der Waals surface area contributed by atoms with E-state index >= 15 is 0 Å². The van der Waals surface area contributed by atoms with E-state index < -0.39 is 0 Å². The number of ether oxygens (including phenoxy) is 1. The van der Waals surface area contributed by atoms with Crippen LogP contribution in [-0.4, -0.2) is 25.2 Å². The maximum absolute atomic E-state index is 11.4. The highest BCUT2D eigenvalue weighted by molar-refractivity contribution is 5.72. The maximum atomic E-state index is 11.4. The topological polar surface area (TPSA) is 38.3 Å². The molecular formula is C13H27NO2. The van der Waals surface area contributed by atoms with Gasteiger partial charge in [-0.3, -0.25) is 4.79 Å². The van der Waals surface area contributed by atoms with Crippen LogP contribution in [0.25, 0.3) is 0 Å². The first kappa shape index (κ1) is 15.4. The Labute approximate surface area is 99.9 Å². The molecule has 16 heavy (non-hydrogen) atoms. The summed E-state index contributed by atoms with van der Waals surface area (Å²) in [4.78, 5) is 11.4. The summed E-state index contributed by atoms with van der Waals surface area (Å²) in [5.74, 6) is -0.149. The Kier molecular flexibility index (Phi) is 9.30. The van der Waals surface area contributed by atoms with Crippen LogP contribution in [0.5, 0.6) is 0 Å². The fourth-order valence-electron chi connectivity index (χ4n) is 1.55. The van der Waals surface area contributed by atoms with E-state index in [4.69, 9.17) is 4.74 Å². The highest BCUT2D eigenvalue weighted by atomic mass is 16.5. The molecule has 0 bridgehead atoms. The van der Waals surface area contributed by atoms with Gasteiger partial charge in [-0.25, -0.2) is 0 Å². The molecule has 0 fully saturated rings. The number of carbonyl (C=O) groups excluding carboxylic acids is 1. The largest absolute Gasteiger partial charge is 0.466 e. The van der Waals surface area contributed by atoms with Crippen LogP contribution in [0.1, 0.15) is 53.4 Å². The molecule has 0 aromatic rings. The predicted molar refractivity (Wildman–Crippen MR) is 67.4 cm³/mol. The van der Waals surface area contributed by atoms with Crippen molar-refractivity contribution in [1.29, 1.82) is 0 Å². The van der Waals surface area contributed by atoms with Crippen molar-refractivity contribution in [2.24, 2.45) is 5.92 Å². The van der Waals surface area contributed by atoms with Crippen molar-refractivity contribution in [1.82, 2.24) is 5.32 Å². The van der Waals surface area contributed by atoms with Gasteiger partial charge in [0.1, 0.15) is 0 Å². The molecule has 0 aliphatic heterocycles. The van der Waals surface area contributed by atoms with Gasteiger partial charge in [-0.1, -0.05) is 33.1 Å². The lowest BCUT2D eigenvalue weighted by Gasteiger charge is -2.16. The molecule has 0 saturated heterocycles. The van der Waals surface area contributed by atoms with Gasteiger partial charge in [0.15, 0.2) is 0 Å². The van der Waals surface area contributed by atoms with Crippen molar-refractivity contribution in [2.45, 2.75) is 59.4 Å². The van der Waals surface area contributed by atoms with Gasteiger partial charge in [-0.2, -0.15) is 0 Å². The fourth-order valence-corrected chi connectivity index (χ4v) is 1.55. The van der Waals surface area contributed by atoms with Crippen LogP contribution in [0, 0.1) is 5.92 Å². The molecule has 0 heterocycles. The van der Waals surface area contributed by atoms with Crippen LogP contribution in [0.2, 0.25) is 0 Å². The zero-order valence-corrected chi connectivity index (χ0v) is 11.2. The summed E-state index contributed by atoms with van der Waals surface area (Å²) in [6, 6.07) is 0.489. The van der Waals surface area contributed by atoms with E-state index in [1.54, 1.807) is 0 Å². The normalized spacial score (nSPS) is 14.5. The molecule has 0 amide bonds. The first-order valence-electron chi connectivity index (χ1n) is 6.51. The number of nitrogens with one attached hydrogen (secondary N) is 1. The minimum Gasteiger partial charge on any atom is -0.466 e. The van der Waals surface area contributed by atoms with Crippen LogP contribution in [0.15, 0.2) is 0 Å². The van der Waals surface area contributed by atoms with E-state index in [-0.39, 0.29) is 11.9 Å². The molecule has 0 radical (unpaired) electrons. The first-order chi connectivity index (χ1) is 7.61. The molecule has 0 saturated carbocycles. The van der Waals surface area contributed by atoms with E-state index in [1.807, 2.05) is 13.8 Å². The number of carbonyl (C=O) groups is 1. The number of rotatable bonds is 9. The number of hydrogen-bond acceptors (Lipinski definition) is 3. The van der Waals surface area contributed by atoms with Crippen LogP contribution < -0.4 is 5.32 Å². The molecule has 3 nitrogen and oxygen atoms in total. The molecule has 0 spiro atoms. The van der Waals surface area contributed by atoms with E-state index in [1.165, 1.54) is 25.7 Å². The van der Waals surface area contributed by atoms with Crippen molar-refractivity contribution in [2.75, 3.05) is 13.2 Å². The van der Waals surface area contributed by atoms with Crippen molar-refractivity contribution >= 4 is 5.97 Å². The molecule has 0 aromatic heterocycles. The Balaban J connectivity index is 3.57. The molecule has 0 aliphatic rings. The van der Waals surface area contributed by atoms with E-state index in [9.17, 15) is 4.79 Å². The Bertz CT molecular complexity index is 183. The molecule has 2 unspecified atom stereocenters. The predicted octanol–water partition coefficient (Wildman–Crippen LogP) is 2.74. The van der Waals surface area contributed by atoms with E-state index in [2.05, 4.69) is 19.2 Å². The minimum absolute atomic E-state index is 0.0476. The van der Waals surface area contributed by atoms with Gasteiger partial charge in [0.2, 0.25) is 0 Å².